The first-order valence-corrected chi connectivity index (χ1v) is 11.3. The van der Waals surface area contributed by atoms with Crippen LogP contribution in [0, 0.1) is 17.2 Å². The van der Waals surface area contributed by atoms with Gasteiger partial charge in [0.25, 0.3) is 0 Å². The molecule has 1 aliphatic rings. The molecule has 1 aromatic carbocycles. The van der Waals surface area contributed by atoms with Crippen molar-refractivity contribution < 1.29 is 4.79 Å². The molecule has 8 heteroatoms. The molecule has 0 aliphatic carbocycles. The average molecular weight is 451 g/mol. The van der Waals surface area contributed by atoms with E-state index >= 15 is 0 Å². The molecule has 1 fully saturated rings. The summed E-state index contributed by atoms with van der Waals surface area (Å²) in [7, 11) is 0. The molecule has 5 nitrogen and oxygen atoms in total. The van der Waals surface area contributed by atoms with Crippen molar-refractivity contribution in [2.45, 2.75) is 43.7 Å². The monoisotopic (exact) mass is 450 g/mol. The van der Waals surface area contributed by atoms with Crippen LogP contribution in [0.5, 0.6) is 0 Å². The van der Waals surface area contributed by atoms with Gasteiger partial charge in [-0.3, -0.25) is 4.79 Å². The third kappa shape index (κ3) is 5.70. The Kier molecular flexibility index (Phi) is 7.91. The number of nitrogens with zero attached hydrogens (tertiary/aromatic N) is 3. The quantitative estimate of drug-likeness (QED) is 0.604. The lowest BCUT2D eigenvalue weighted by molar-refractivity contribution is -0.134. The molecule has 1 aliphatic heterocycles. The zero-order chi connectivity index (χ0) is 20.8. The molecule has 29 heavy (non-hydrogen) atoms. The van der Waals surface area contributed by atoms with Crippen LogP contribution in [-0.4, -0.2) is 34.5 Å². The Morgan fingerprint density at radius 2 is 2.10 bits per heavy atom. The predicted molar refractivity (Wildman–Crippen MR) is 118 cm³/mol. The van der Waals surface area contributed by atoms with Crippen LogP contribution in [0.4, 0.5) is 0 Å². The summed E-state index contributed by atoms with van der Waals surface area (Å²) in [4.78, 5) is 15.9. The normalized spacial score (nSPS) is 17.7. The third-order valence-corrected chi connectivity index (χ3v) is 6.99. The van der Waals surface area contributed by atoms with Gasteiger partial charge in [-0.25, -0.2) is 4.72 Å². The zero-order valence-corrected chi connectivity index (χ0v) is 18.6. The summed E-state index contributed by atoms with van der Waals surface area (Å²) >= 11 is 13.8. The summed E-state index contributed by atoms with van der Waals surface area (Å²) in [5.74, 6) is 0.589. The second kappa shape index (κ2) is 10.4. The smallest absolute Gasteiger partial charge is 0.240 e. The van der Waals surface area contributed by atoms with E-state index in [-0.39, 0.29) is 5.91 Å². The van der Waals surface area contributed by atoms with Gasteiger partial charge in [-0.15, -0.1) is 0 Å². The van der Waals surface area contributed by atoms with Crippen LogP contribution in [0.15, 0.2) is 41.4 Å². The molecule has 2 unspecified atom stereocenters. The van der Waals surface area contributed by atoms with E-state index < -0.39 is 6.04 Å². The summed E-state index contributed by atoms with van der Waals surface area (Å²) in [5.41, 5.74) is 0.588. The van der Waals surface area contributed by atoms with Gasteiger partial charge in [-0.05, 0) is 61.4 Å². The molecule has 1 aromatic heterocycles. The molecular weight excluding hydrogens is 427 g/mol. The highest BCUT2D eigenvalue weighted by molar-refractivity contribution is 7.97. The number of aryl methyl sites for hydroxylation is 1. The van der Waals surface area contributed by atoms with E-state index in [4.69, 9.17) is 23.2 Å². The number of carbonyl (C=O) groups excluding carboxylic acids is 1. The molecule has 154 valence electrons. The molecule has 1 amide bonds. The fraction of sp³-hybridized carbons (Fsp3) is 0.429. The summed E-state index contributed by atoms with van der Waals surface area (Å²) < 4.78 is 5.16. The molecule has 3 rings (SSSR count). The number of amides is 1. The predicted octanol–water partition coefficient (Wildman–Crippen LogP) is 4.98. The Morgan fingerprint density at radius 1 is 1.34 bits per heavy atom. The van der Waals surface area contributed by atoms with Gasteiger partial charge in [0.05, 0.1) is 21.0 Å². The highest BCUT2D eigenvalue weighted by Gasteiger charge is 2.28. The SMILES string of the molecule is CC1CCCN(C(=O)C(CCn2cccc2C#N)NSc2c(Cl)cccc2Cl)C1. The van der Waals surface area contributed by atoms with Crippen molar-refractivity contribution in [3.8, 4) is 6.07 Å². The lowest BCUT2D eigenvalue weighted by Gasteiger charge is -2.34. The first kappa shape index (κ1) is 22.0. The molecule has 2 atom stereocenters. The van der Waals surface area contributed by atoms with Crippen molar-refractivity contribution in [1.82, 2.24) is 14.2 Å². The number of piperidine rings is 1. The second-order valence-corrected chi connectivity index (χ2v) is 9.00. The number of hydrogen-bond donors (Lipinski definition) is 1. The molecule has 0 spiro atoms. The van der Waals surface area contributed by atoms with Crippen molar-refractivity contribution in [3.63, 3.8) is 0 Å². The number of halogens is 2. The summed E-state index contributed by atoms with van der Waals surface area (Å²) in [6, 6.07) is 10.7. The third-order valence-electron chi connectivity index (χ3n) is 5.09. The Balaban J connectivity index is 1.73. The lowest BCUT2D eigenvalue weighted by atomic mass is 9.99. The minimum atomic E-state index is -0.411. The first-order chi connectivity index (χ1) is 14.0. The fourth-order valence-corrected chi connectivity index (χ4v) is 4.97. The van der Waals surface area contributed by atoms with E-state index in [1.54, 1.807) is 24.3 Å². The molecule has 2 heterocycles. The van der Waals surface area contributed by atoms with Crippen molar-refractivity contribution in [3.05, 3.63) is 52.3 Å². The van der Waals surface area contributed by atoms with E-state index in [0.717, 1.165) is 25.9 Å². The second-order valence-electron chi connectivity index (χ2n) is 7.34. The maximum absolute atomic E-state index is 13.3. The van der Waals surface area contributed by atoms with Gasteiger partial charge >= 0.3 is 0 Å². The molecule has 2 aromatic rings. The van der Waals surface area contributed by atoms with Crippen LogP contribution < -0.4 is 4.72 Å². The van der Waals surface area contributed by atoms with E-state index in [1.807, 2.05) is 21.7 Å². The average Bonchev–Trinajstić information content (AvgIpc) is 3.17. The molecule has 1 N–H and O–H groups in total. The van der Waals surface area contributed by atoms with Gasteiger partial charge in [-0.1, -0.05) is 36.2 Å². The zero-order valence-electron chi connectivity index (χ0n) is 16.3. The summed E-state index contributed by atoms with van der Waals surface area (Å²) in [6.45, 7) is 4.31. The molecule has 1 saturated heterocycles. The van der Waals surface area contributed by atoms with Gasteiger partial charge in [0, 0.05) is 25.8 Å². The minimum Gasteiger partial charge on any atom is -0.341 e. The lowest BCUT2D eigenvalue weighted by Crippen LogP contribution is -2.48. The summed E-state index contributed by atoms with van der Waals surface area (Å²) in [6.07, 6.45) is 4.60. The van der Waals surface area contributed by atoms with E-state index in [1.165, 1.54) is 11.9 Å². The van der Waals surface area contributed by atoms with Crippen LogP contribution in [0.25, 0.3) is 0 Å². The number of nitriles is 1. The van der Waals surface area contributed by atoms with Gasteiger partial charge in [0.15, 0.2) is 0 Å². The van der Waals surface area contributed by atoms with Gasteiger partial charge in [0.1, 0.15) is 11.8 Å². The molecular formula is C21H24Cl2N4OS. The first-order valence-electron chi connectivity index (χ1n) is 9.70. The van der Waals surface area contributed by atoms with Crippen LogP contribution in [0.1, 0.15) is 31.9 Å². The maximum Gasteiger partial charge on any atom is 0.240 e. The highest BCUT2D eigenvalue weighted by atomic mass is 35.5. The number of nitrogens with one attached hydrogen (secondary N) is 1. The van der Waals surface area contributed by atoms with Crippen molar-refractivity contribution in [1.29, 1.82) is 5.26 Å². The summed E-state index contributed by atoms with van der Waals surface area (Å²) in [5, 5.41) is 10.3. The molecule has 0 radical (unpaired) electrons. The fourth-order valence-electron chi connectivity index (χ4n) is 3.53. The van der Waals surface area contributed by atoms with Crippen molar-refractivity contribution >= 4 is 41.1 Å². The van der Waals surface area contributed by atoms with Gasteiger partial charge < -0.3 is 9.47 Å². The van der Waals surface area contributed by atoms with Crippen molar-refractivity contribution in [2.24, 2.45) is 5.92 Å². The van der Waals surface area contributed by atoms with Crippen LogP contribution in [-0.2, 0) is 11.3 Å². The topological polar surface area (TPSA) is 61.1 Å². The Hall–Kier alpha value is -1.65. The van der Waals surface area contributed by atoms with E-state index in [0.29, 0.717) is 39.5 Å². The van der Waals surface area contributed by atoms with Gasteiger partial charge in [-0.2, -0.15) is 5.26 Å². The standard InChI is InChI=1S/C21H24Cl2N4OS/c1-15-5-3-11-27(14-15)21(28)19(9-12-26-10-4-6-16(26)13-24)25-29-20-17(22)7-2-8-18(20)23/h2,4,6-8,10,15,19,25H,3,5,9,11-12,14H2,1H3. The molecule has 0 saturated carbocycles. The van der Waals surface area contributed by atoms with Crippen LogP contribution in [0.2, 0.25) is 10.0 Å². The minimum absolute atomic E-state index is 0.0814. The largest absolute Gasteiger partial charge is 0.341 e. The number of hydrogen-bond acceptors (Lipinski definition) is 4. The number of benzene rings is 1. The van der Waals surface area contributed by atoms with Crippen LogP contribution >= 0.6 is 35.1 Å². The van der Waals surface area contributed by atoms with Gasteiger partial charge in [0.2, 0.25) is 5.91 Å². The van der Waals surface area contributed by atoms with Crippen molar-refractivity contribution in [2.75, 3.05) is 13.1 Å². The Morgan fingerprint density at radius 3 is 2.79 bits per heavy atom. The van der Waals surface area contributed by atoms with E-state index in [2.05, 4.69) is 17.7 Å². The number of carbonyl (C=O) groups is 1. The number of aromatic nitrogens is 1. The Labute approximate surface area is 186 Å². The molecule has 0 bridgehead atoms. The number of rotatable bonds is 7. The van der Waals surface area contributed by atoms with Crippen LogP contribution in [0.3, 0.4) is 0 Å². The Bertz CT molecular complexity index is 875. The number of likely N-dealkylation sites (tertiary alicyclic amines) is 1. The van der Waals surface area contributed by atoms with E-state index in [9.17, 15) is 10.1 Å². The highest BCUT2D eigenvalue weighted by Crippen LogP contribution is 2.32. The maximum atomic E-state index is 13.3.